The highest BCUT2D eigenvalue weighted by atomic mass is 79.9. The van der Waals surface area contributed by atoms with Crippen molar-refractivity contribution in [2.45, 2.75) is 6.42 Å². The summed E-state index contributed by atoms with van der Waals surface area (Å²) in [7, 11) is 1.95. The summed E-state index contributed by atoms with van der Waals surface area (Å²) in [5, 5.41) is 3.11. The standard InChI is InChI=1S/C16H18BrNO/c1-18-10-5-11-19-16-9-8-14(12-15(16)17)13-6-3-2-4-7-13/h2-4,6-9,12,18H,5,10-11H2,1H3. The molecule has 0 aliphatic rings. The van der Waals surface area contributed by atoms with Gasteiger partial charge >= 0.3 is 0 Å². The van der Waals surface area contributed by atoms with Crippen LogP contribution in [0.5, 0.6) is 5.75 Å². The van der Waals surface area contributed by atoms with Gasteiger partial charge in [-0.3, -0.25) is 0 Å². The summed E-state index contributed by atoms with van der Waals surface area (Å²) in [6.45, 7) is 1.70. The highest BCUT2D eigenvalue weighted by Gasteiger charge is 2.04. The van der Waals surface area contributed by atoms with Gasteiger partial charge in [-0.2, -0.15) is 0 Å². The van der Waals surface area contributed by atoms with Crippen molar-refractivity contribution in [2.75, 3.05) is 20.2 Å². The molecule has 2 nitrogen and oxygen atoms in total. The second kappa shape index (κ2) is 7.31. The van der Waals surface area contributed by atoms with Gasteiger partial charge in [0, 0.05) is 0 Å². The molecule has 2 rings (SSSR count). The molecular formula is C16H18BrNO. The maximum Gasteiger partial charge on any atom is 0.133 e. The van der Waals surface area contributed by atoms with E-state index in [0.29, 0.717) is 0 Å². The number of benzene rings is 2. The first-order valence-corrected chi connectivity index (χ1v) is 7.23. The molecule has 2 aromatic rings. The van der Waals surface area contributed by atoms with Gasteiger partial charge in [-0.05, 0) is 59.2 Å². The molecular weight excluding hydrogens is 302 g/mol. The maximum absolute atomic E-state index is 5.74. The third-order valence-electron chi connectivity index (χ3n) is 2.87. The fraction of sp³-hybridized carbons (Fsp3) is 0.250. The molecule has 0 amide bonds. The van der Waals surface area contributed by atoms with E-state index in [4.69, 9.17) is 4.74 Å². The van der Waals surface area contributed by atoms with Crippen LogP contribution in [0.4, 0.5) is 0 Å². The van der Waals surface area contributed by atoms with Gasteiger partial charge in [-0.15, -0.1) is 0 Å². The fourth-order valence-corrected chi connectivity index (χ4v) is 2.35. The summed E-state index contributed by atoms with van der Waals surface area (Å²) >= 11 is 3.57. The van der Waals surface area contributed by atoms with E-state index < -0.39 is 0 Å². The van der Waals surface area contributed by atoms with Gasteiger partial charge in [-0.25, -0.2) is 0 Å². The Balaban J connectivity index is 2.05. The van der Waals surface area contributed by atoms with Crippen LogP contribution in [0.1, 0.15) is 6.42 Å². The van der Waals surface area contributed by atoms with Crippen molar-refractivity contribution in [3.8, 4) is 16.9 Å². The van der Waals surface area contributed by atoms with Crippen LogP contribution in [-0.4, -0.2) is 20.2 Å². The minimum atomic E-state index is 0.726. The summed E-state index contributed by atoms with van der Waals surface area (Å²) in [5.74, 6) is 0.899. The normalized spacial score (nSPS) is 10.4. The van der Waals surface area contributed by atoms with Crippen LogP contribution in [0.25, 0.3) is 11.1 Å². The van der Waals surface area contributed by atoms with E-state index in [1.807, 2.05) is 31.3 Å². The molecule has 0 atom stereocenters. The Morgan fingerprint density at radius 3 is 2.53 bits per heavy atom. The molecule has 0 fully saturated rings. The topological polar surface area (TPSA) is 21.3 Å². The van der Waals surface area contributed by atoms with Crippen LogP contribution in [-0.2, 0) is 0 Å². The molecule has 3 heteroatoms. The van der Waals surface area contributed by atoms with Gasteiger partial charge in [0.15, 0.2) is 0 Å². The van der Waals surface area contributed by atoms with E-state index in [2.05, 4.69) is 45.5 Å². The molecule has 0 saturated carbocycles. The second-order valence-electron chi connectivity index (χ2n) is 4.32. The minimum Gasteiger partial charge on any atom is -0.492 e. The Labute approximate surface area is 122 Å². The predicted molar refractivity (Wildman–Crippen MR) is 83.6 cm³/mol. The van der Waals surface area contributed by atoms with E-state index in [1.165, 1.54) is 11.1 Å². The SMILES string of the molecule is CNCCCOc1ccc(-c2ccccc2)cc1Br. The molecule has 1 N–H and O–H groups in total. The molecule has 0 heterocycles. The Morgan fingerprint density at radius 1 is 1.05 bits per heavy atom. The average Bonchev–Trinajstić information content (AvgIpc) is 2.46. The Kier molecular flexibility index (Phi) is 5.43. The third-order valence-corrected chi connectivity index (χ3v) is 3.49. The molecule has 0 spiro atoms. The summed E-state index contributed by atoms with van der Waals surface area (Å²) in [5.41, 5.74) is 2.40. The monoisotopic (exact) mass is 319 g/mol. The van der Waals surface area contributed by atoms with Crippen molar-refractivity contribution in [3.05, 3.63) is 53.0 Å². The quantitative estimate of drug-likeness (QED) is 0.809. The van der Waals surface area contributed by atoms with Gasteiger partial charge in [0.05, 0.1) is 11.1 Å². The molecule has 0 bridgehead atoms. The Hall–Kier alpha value is -1.32. The van der Waals surface area contributed by atoms with Gasteiger partial charge in [0.1, 0.15) is 5.75 Å². The molecule has 0 unspecified atom stereocenters. The lowest BCUT2D eigenvalue weighted by molar-refractivity contribution is 0.308. The highest BCUT2D eigenvalue weighted by Crippen LogP contribution is 2.30. The van der Waals surface area contributed by atoms with Gasteiger partial charge in [0.25, 0.3) is 0 Å². The maximum atomic E-state index is 5.74. The van der Waals surface area contributed by atoms with E-state index >= 15 is 0 Å². The molecule has 0 aromatic heterocycles. The second-order valence-corrected chi connectivity index (χ2v) is 5.17. The first-order chi connectivity index (χ1) is 9.31. The lowest BCUT2D eigenvalue weighted by Crippen LogP contribution is -2.11. The predicted octanol–water partition coefficient (Wildman–Crippen LogP) is 4.10. The summed E-state index contributed by atoms with van der Waals surface area (Å²) < 4.78 is 6.74. The number of rotatable bonds is 6. The van der Waals surface area contributed by atoms with Crippen molar-refractivity contribution < 1.29 is 4.74 Å². The number of ether oxygens (including phenoxy) is 1. The summed E-state index contributed by atoms with van der Waals surface area (Å²) in [6.07, 6.45) is 1.00. The highest BCUT2D eigenvalue weighted by molar-refractivity contribution is 9.10. The first kappa shape index (κ1) is 14.1. The number of hydrogen-bond donors (Lipinski definition) is 1. The largest absolute Gasteiger partial charge is 0.492 e. The Bertz CT molecular complexity index is 513. The summed E-state index contributed by atoms with van der Waals surface area (Å²) in [6, 6.07) is 16.5. The molecule has 19 heavy (non-hydrogen) atoms. The first-order valence-electron chi connectivity index (χ1n) is 6.43. The minimum absolute atomic E-state index is 0.726. The zero-order valence-corrected chi connectivity index (χ0v) is 12.6. The van der Waals surface area contributed by atoms with Crippen molar-refractivity contribution in [1.29, 1.82) is 0 Å². The van der Waals surface area contributed by atoms with Crippen molar-refractivity contribution >= 4 is 15.9 Å². The van der Waals surface area contributed by atoms with E-state index in [1.54, 1.807) is 0 Å². The van der Waals surface area contributed by atoms with Gasteiger partial charge < -0.3 is 10.1 Å². The number of nitrogens with one attached hydrogen (secondary N) is 1. The zero-order chi connectivity index (χ0) is 13.5. The zero-order valence-electron chi connectivity index (χ0n) is 11.0. The van der Waals surface area contributed by atoms with Gasteiger partial charge in [0.2, 0.25) is 0 Å². The number of hydrogen-bond acceptors (Lipinski definition) is 2. The fourth-order valence-electron chi connectivity index (χ4n) is 1.86. The van der Waals surface area contributed by atoms with Crippen LogP contribution in [0.15, 0.2) is 53.0 Å². The molecule has 0 aliphatic heterocycles. The lowest BCUT2D eigenvalue weighted by Gasteiger charge is -2.10. The van der Waals surface area contributed by atoms with Crippen LogP contribution >= 0.6 is 15.9 Å². The van der Waals surface area contributed by atoms with Gasteiger partial charge in [-0.1, -0.05) is 36.4 Å². The molecule has 0 radical (unpaired) electrons. The molecule has 0 aliphatic carbocycles. The molecule has 2 aromatic carbocycles. The molecule has 100 valence electrons. The van der Waals surface area contributed by atoms with Crippen LogP contribution in [0, 0.1) is 0 Å². The van der Waals surface area contributed by atoms with E-state index in [9.17, 15) is 0 Å². The van der Waals surface area contributed by atoms with Crippen molar-refractivity contribution in [3.63, 3.8) is 0 Å². The lowest BCUT2D eigenvalue weighted by atomic mass is 10.1. The Morgan fingerprint density at radius 2 is 1.84 bits per heavy atom. The molecule has 0 saturated heterocycles. The van der Waals surface area contributed by atoms with E-state index in [0.717, 1.165) is 29.8 Å². The van der Waals surface area contributed by atoms with Crippen LogP contribution in [0.2, 0.25) is 0 Å². The number of halogens is 1. The van der Waals surface area contributed by atoms with Crippen LogP contribution in [0.3, 0.4) is 0 Å². The van der Waals surface area contributed by atoms with Crippen molar-refractivity contribution in [2.24, 2.45) is 0 Å². The summed E-state index contributed by atoms with van der Waals surface area (Å²) in [4.78, 5) is 0. The third kappa shape index (κ3) is 4.08. The van der Waals surface area contributed by atoms with Crippen LogP contribution < -0.4 is 10.1 Å². The smallest absolute Gasteiger partial charge is 0.133 e. The van der Waals surface area contributed by atoms with E-state index in [-0.39, 0.29) is 0 Å². The van der Waals surface area contributed by atoms with Crippen molar-refractivity contribution in [1.82, 2.24) is 5.32 Å². The average molecular weight is 320 g/mol.